The van der Waals surface area contributed by atoms with E-state index in [1.165, 1.54) is 18.4 Å². The fourth-order valence-electron chi connectivity index (χ4n) is 2.30. The molecule has 0 saturated carbocycles. The lowest BCUT2D eigenvalue weighted by molar-refractivity contribution is 0.0527. The van der Waals surface area contributed by atoms with E-state index in [0.717, 1.165) is 0 Å². The first-order chi connectivity index (χ1) is 13.5. The van der Waals surface area contributed by atoms with E-state index >= 15 is 0 Å². The van der Waals surface area contributed by atoms with Crippen LogP contribution in [0.4, 0.5) is 4.79 Å². The molecule has 9 nitrogen and oxygen atoms in total. The Bertz CT molecular complexity index is 801. The van der Waals surface area contributed by atoms with E-state index in [1.54, 1.807) is 31.3 Å². The molecular formula is C19H33N5O4S. The lowest BCUT2D eigenvalue weighted by atomic mass is 10.2. The van der Waals surface area contributed by atoms with E-state index in [9.17, 15) is 13.2 Å². The van der Waals surface area contributed by atoms with Gasteiger partial charge in [0, 0.05) is 40.8 Å². The molecule has 0 aliphatic carbocycles. The molecule has 0 bridgehead atoms. The normalized spacial score (nSPS) is 12.6. The molecule has 0 atom stereocenters. The third-order valence-corrected chi connectivity index (χ3v) is 5.63. The molecule has 0 heterocycles. The number of hydrogen-bond acceptors (Lipinski definition) is 5. The van der Waals surface area contributed by atoms with Crippen molar-refractivity contribution in [3.05, 3.63) is 29.8 Å². The molecule has 0 unspecified atom stereocenters. The number of guanidine groups is 1. The molecule has 10 heteroatoms. The number of nitrogens with one attached hydrogen (secondary N) is 3. The summed E-state index contributed by atoms with van der Waals surface area (Å²) in [5, 5.41) is 8.93. The number of sulfonamides is 1. The van der Waals surface area contributed by atoms with Crippen LogP contribution in [0.2, 0.25) is 0 Å². The Morgan fingerprint density at radius 1 is 1.10 bits per heavy atom. The van der Waals surface area contributed by atoms with Crippen LogP contribution in [0.15, 0.2) is 34.2 Å². The van der Waals surface area contributed by atoms with E-state index in [1.807, 2.05) is 20.8 Å². The minimum atomic E-state index is -3.53. The van der Waals surface area contributed by atoms with Crippen molar-refractivity contribution in [2.24, 2.45) is 4.99 Å². The number of carbonyl (C=O) groups excluding carboxylic acids is 1. The smallest absolute Gasteiger partial charge is 0.407 e. The predicted octanol–water partition coefficient (Wildman–Crippen LogP) is 1.52. The van der Waals surface area contributed by atoms with Crippen LogP contribution in [0.25, 0.3) is 0 Å². The maximum absolute atomic E-state index is 12.5. The highest BCUT2D eigenvalue weighted by Crippen LogP contribution is 2.18. The summed E-state index contributed by atoms with van der Waals surface area (Å²) in [4.78, 5) is 16.0. The first kappa shape index (κ1) is 24.7. The Hall–Kier alpha value is -2.33. The number of carbonyl (C=O) groups is 1. The van der Waals surface area contributed by atoms with Crippen molar-refractivity contribution in [1.82, 2.24) is 20.3 Å². The second kappa shape index (κ2) is 11.0. The van der Waals surface area contributed by atoms with Gasteiger partial charge in [-0.1, -0.05) is 18.2 Å². The van der Waals surface area contributed by atoms with Crippen LogP contribution in [-0.4, -0.2) is 64.6 Å². The highest BCUT2D eigenvalue weighted by atomic mass is 32.2. The fraction of sp³-hybridized carbons (Fsp3) is 0.579. The predicted molar refractivity (Wildman–Crippen MR) is 114 cm³/mol. The summed E-state index contributed by atoms with van der Waals surface area (Å²) in [6.45, 7) is 6.78. The molecule has 0 aliphatic heterocycles. The number of benzene rings is 1. The fourth-order valence-corrected chi connectivity index (χ4v) is 3.41. The minimum absolute atomic E-state index is 0.259. The number of rotatable bonds is 8. The summed E-state index contributed by atoms with van der Waals surface area (Å²) < 4.78 is 31.3. The maximum Gasteiger partial charge on any atom is 0.407 e. The SMILES string of the molecule is CN=C(NCCCNC(=O)OC(C)(C)C)NCc1ccccc1S(=O)(=O)N(C)C. The zero-order chi connectivity index (χ0) is 22.1. The zero-order valence-electron chi connectivity index (χ0n) is 18.1. The highest BCUT2D eigenvalue weighted by molar-refractivity contribution is 7.89. The average Bonchev–Trinajstić information content (AvgIpc) is 2.62. The quantitative estimate of drug-likeness (QED) is 0.329. The van der Waals surface area contributed by atoms with Gasteiger partial charge in [-0.25, -0.2) is 17.5 Å². The van der Waals surface area contributed by atoms with E-state index in [-0.39, 0.29) is 4.90 Å². The van der Waals surface area contributed by atoms with Crippen molar-refractivity contribution < 1.29 is 17.9 Å². The Labute approximate surface area is 174 Å². The van der Waals surface area contributed by atoms with Gasteiger partial charge in [0.2, 0.25) is 10.0 Å². The van der Waals surface area contributed by atoms with E-state index < -0.39 is 21.7 Å². The zero-order valence-corrected chi connectivity index (χ0v) is 18.9. The molecule has 1 rings (SSSR count). The number of ether oxygens (including phenoxy) is 1. The Balaban J connectivity index is 2.50. The van der Waals surface area contributed by atoms with Gasteiger partial charge in [0.1, 0.15) is 5.60 Å². The Kier molecular flexibility index (Phi) is 9.38. The molecular weight excluding hydrogens is 394 g/mol. The number of nitrogens with zero attached hydrogens (tertiary/aromatic N) is 2. The van der Waals surface area contributed by atoms with Gasteiger partial charge in [0.05, 0.1) is 4.90 Å². The molecule has 29 heavy (non-hydrogen) atoms. The van der Waals surface area contributed by atoms with Gasteiger partial charge in [0.15, 0.2) is 5.96 Å². The van der Waals surface area contributed by atoms with E-state index in [4.69, 9.17) is 4.74 Å². The summed E-state index contributed by atoms with van der Waals surface area (Å²) in [6, 6.07) is 6.85. The van der Waals surface area contributed by atoms with Gasteiger partial charge in [-0.3, -0.25) is 4.99 Å². The van der Waals surface area contributed by atoms with Crippen LogP contribution in [0.1, 0.15) is 32.8 Å². The molecule has 0 saturated heterocycles. The second-order valence-corrected chi connectivity index (χ2v) is 9.65. The first-order valence-corrected chi connectivity index (χ1v) is 10.8. The van der Waals surface area contributed by atoms with Crippen molar-refractivity contribution in [2.75, 3.05) is 34.2 Å². The molecule has 164 valence electrons. The lowest BCUT2D eigenvalue weighted by Gasteiger charge is -2.19. The van der Waals surface area contributed by atoms with Gasteiger partial charge >= 0.3 is 6.09 Å². The van der Waals surface area contributed by atoms with Crippen LogP contribution < -0.4 is 16.0 Å². The molecule has 1 amide bonds. The number of alkyl carbamates (subject to hydrolysis) is 1. The molecule has 0 aliphatic rings. The Morgan fingerprint density at radius 3 is 2.31 bits per heavy atom. The van der Waals surface area contributed by atoms with Gasteiger partial charge in [0.25, 0.3) is 0 Å². The second-order valence-electron chi connectivity index (χ2n) is 7.53. The van der Waals surface area contributed by atoms with Crippen LogP contribution in [0.5, 0.6) is 0 Å². The number of aliphatic imine (C=N–C) groups is 1. The standard InChI is InChI=1S/C19H33N5O4S/c1-19(2,3)28-18(25)22-13-9-12-21-17(20-4)23-14-15-10-7-8-11-16(15)29(26,27)24(5)6/h7-8,10-11H,9,12-14H2,1-6H3,(H,22,25)(H2,20,21,23). The summed E-state index contributed by atoms with van der Waals surface area (Å²) >= 11 is 0. The third-order valence-electron chi connectivity index (χ3n) is 3.72. The molecule has 0 aromatic heterocycles. The van der Waals surface area contributed by atoms with Gasteiger partial charge < -0.3 is 20.7 Å². The number of hydrogen-bond donors (Lipinski definition) is 3. The van der Waals surface area contributed by atoms with Crippen molar-refractivity contribution in [3.63, 3.8) is 0 Å². The topological polar surface area (TPSA) is 112 Å². The van der Waals surface area contributed by atoms with Crippen LogP contribution in [0, 0.1) is 0 Å². The van der Waals surface area contributed by atoms with E-state index in [2.05, 4.69) is 20.9 Å². The third kappa shape index (κ3) is 8.70. The molecule has 0 fully saturated rings. The van der Waals surface area contributed by atoms with Gasteiger partial charge in [-0.2, -0.15) is 0 Å². The van der Waals surface area contributed by atoms with Crippen molar-refractivity contribution >= 4 is 22.1 Å². The Morgan fingerprint density at radius 2 is 1.72 bits per heavy atom. The summed E-state index contributed by atoms with van der Waals surface area (Å²) in [7, 11) is 1.12. The van der Waals surface area contributed by atoms with Gasteiger partial charge in [-0.15, -0.1) is 0 Å². The monoisotopic (exact) mass is 427 g/mol. The van der Waals surface area contributed by atoms with Crippen LogP contribution in [-0.2, 0) is 21.3 Å². The van der Waals surface area contributed by atoms with Crippen LogP contribution >= 0.6 is 0 Å². The van der Waals surface area contributed by atoms with Crippen molar-refractivity contribution in [3.8, 4) is 0 Å². The molecule has 1 aromatic carbocycles. The summed E-state index contributed by atoms with van der Waals surface area (Å²) in [5.41, 5.74) is 0.126. The molecule has 0 spiro atoms. The van der Waals surface area contributed by atoms with Crippen molar-refractivity contribution in [1.29, 1.82) is 0 Å². The summed E-state index contributed by atoms with van der Waals surface area (Å²) in [6.07, 6.45) is 0.227. The van der Waals surface area contributed by atoms with Crippen LogP contribution in [0.3, 0.4) is 0 Å². The molecule has 0 radical (unpaired) electrons. The number of amides is 1. The first-order valence-electron chi connectivity index (χ1n) is 9.39. The summed E-state index contributed by atoms with van der Waals surface area (Å²) in [5.74, 6) is 0.541. The maximum atomic E-state index is 12.5. The molecule has 1 aromatic rings. The molecule has 3 N–H and O–H groups in total. The average molecular weight is 428 g/mol. The van der Waals surface area contributed by atoms with Crippen molar-refractivity contribution in [2.45, 2.75) is 44.2 Å². The lowest BCUT2D eigenvalue weighted by Crippen LogP contribution is -2.39. The largest absolute Gasteiger partial charge is 0.444 e. The van der Waals surface area contributed by atoms with Gasteiger partial charge in [-0.05, 0) is 38.8 Å². The van der Waals surface area contributed by atoms with E-state index in [0.29, 0.717) is 37.6 Å². The minimum Gasteiger partial charge on any atom is -0.444 e. The highest BCUT2D eigenvalue weighted by Gasteiger charge is 2.20.